The van der Waals surface area contributed by atoms with Crippen molar-refractivity contribution < 1.29 is 19.1 Å². The van der Waals surface area contributed by atoms with Crippen LogP contribution < -0.4 is 20.7 Å². The monoisotopic (exact) mass is 681 g/mol. The molecule has 0 radical (unpaired) electrons. The van der Waals surface area contributed by atoms with Crippen molar-refractivity contribution in [2.45, 2.75) is 57.2 Å². The normalized spacial score (nSPS) is 12.7. The molecule has 1 aliphatic rings. The lowest BCUT2D eigenvalue weighted by molar-refractivity contribution is -0.118. The number of thioether (sulfide) groups is 1. The number of nitrogens with two attached hydrogens (primary N) is 1. The van der Waals surface area contributed by atoms with Gasteiger partial charge in [0.15, 0.2) is 0 Å². The van der Waals surface area contributed by atoms with Crippen LogP contribution in [0, 0.1) is 5.92 Å². The van der Waals surface area contributed by atoms with Crippen LogP contribution in [0.25, 0.3) is 17.2 Å². The van der Waals surface area contributed by atoms with E-state index in [1.165, 1.54) is 0 Å². The summed E-state index contributed by atoms with van der Waals surface area (Å²) in [5, 5.41) is 3.11. The Kier molecular flexibility index (Phi) is 12.9. The van der Waals surface area contributed by atoms with Gasteiger partial charge in [0, 0.05) is 59.2 Å². The van der Waals surface area contributed by atoms with Gasteiger partial charge in [-0.3, -0.25) is 9.59 Å². The number of anilines is 2. The van der Waals surface area contributed by atoms with Crippen LogP contribution in [0.4, 0.5) is 11.4 Å². The highest BCUT2D eigenvalue weighted by Crippen LogP contribution is 2.34. The Morgan fingerprint density at radius 3 is 2.51 bits per heavy atom. The number of primary amides is 1. The van der Waals surface area contributed by atoms with Gasteiger partial charge >= 0.3 is 0 Å². The fourth-order valence-electron chi connectivity index (χ4n) is 5.68. The van der Waals surface area contributed by atoms with Crippen LogP contribution in [0.5, 0.6) is 5.75 Å². The SMILES string of the molecule is CCCCOCCOc1ccc(-c2ccc3c(c2)C=C(C(=O)Nc2ccc(SCc4cncn4CC(N)=O)cc2)CCN3CC(C)C)cc1. The molecule has 3 N–H and O–H groups in total. The quantitative estimate of drug-likeness (QED) is 0.0882. The van der Waals surface area contributed by atoms with Crippen molar-refractivity contribution in [1.29, 1.82) is 0 Å². The maximum atomic E-state index is 13.6. The van der Waals surface area contributed by atoms with E-state index in [1.54, 1.807) is 28.9 Å². The van der Waals surface area contributed by atoms with Crippen molar-refractivity contribution in [3.8, 4) is 16.9 Å². The fraction of sp³-hybridized carbons (Fsp3) is 0.359. The van der Waals surface area contributed by atoms with Crippen molar-refractivity contribution in [3.63, 3.8) is 0 Å². The highest BCUT2D eigenvalue weighted by Gasteiger charge is 2.21. The third-order valence-corrected chi connectivity index (χ3v) is 9.22. The van der Waals surface area contributed by atoms with Crippen molar-refractivity contribution >= 4 is 41.0 Å². The Hall–Kier alpha value is -4.54. The van der Waals surface area contributed by atoms with E-state index in [4.69, 9.17) is 15.2 Å². The second-order valence-electron chi connectivity index (χ2n) is 12.6. The molecule has 1 aliphatic heterocycles. The average molecular weight is 682 g/mol. The number of hydrogen-bond donors (Lipinski definition) is 2. The predicted molar refractivity (Wildman–Crippen MR) is 199 cm³/mol. The van der Waals surface area contributed by atoms with Crippen LogP contribution in [-0.2, 0) is 26.6 Å². The average Bonchev–Trinajstić information content (AvgIpc) is 3.44. The first kappa shape index (κ1) is 35.8. The first-order valence-electron chi connectivity index (χ1n) is 17.0. The zero-order chi connectivity index (χ0) is 34.6. The fourth-order valence-corrected chi connectivity index (χ4v) is 6.56. The van der Waals surface area contributed by atoms with Gasteiger partial charge in [0.2, 0.25) is 5.91 Å². The first-order chi connectivity index (χ1) is 23.8. The zero-order valence-corrected chi connectivity index (χ0v) is 29.5. The van der Waals surface area contributed by atoms with Crippen LogP contribution in [0.2, 0.25) is 0 Å². The van der Waals surface area contributed by atoms with Crippen LogP contribution >= 0.6 is 11.8 Å². The molecule has 2 heterocycles. The maximum absolute atomic E-state index is 13.6. The summed E-state index contributed by atoms with van der Waals surface area (Å²) in [4.78, 5) is 32.5. The molecule has 0 atom stereocenters. The molecule has 0 spiro atoms. The Labute approximate surface area is 293 Å². The topological polar surface area (TPSA) is 112 Å². The van der Waals surface area contributed by atoms with Gasteiger partial charge in [0.1, 0.15) is 18.9 Å². The molecule has 0 bridgehead atoms. The number of imidazole rings is 1. The molecule has 49 heavy (non-hydrogen) atoms. The number of amides is 2. The summed E-state index contributed by atoms with van der Waals surface area (Å²) in [6.07, 6.45) is 8.24. The lowest BCUT2D eigenvalue weighted by atomic mass is 10.00. The second kappa shape index (κ2) is 17.7. The molecule has 0 unspecified atom stereocenters. The molecule has 3 aromatic carbocycles. The molecule has 10 heteroatoms. The molecular formula is C39H47N5O4S. The minimum atomic E-state index is -0.402. The summed E-state index contributed by atoms with van der Waals surface area (Å²) >= 11 is 1.63. The summed E-state index contributed by atoms with van der Waals surface area (Å²) in [6.45, 7) is 10.3. The molecule has 5 rings (SSSR count). The molecule has 258 valence electrons. The number of unbranched alkanes of at least 4 members (excludes halogenated alkanes) is 1. The molecule has 1 aromatic heterocycles. The summed E-state index contributed by atoms with van der Waals surface area (Å²) < 4.78 is 13.2. The van der Waals surface area contributed by atoms with Gasteiger partial charge < -0.3 is 30.0 Å². The van der Waals surface area contributed by atoms with Gasteiger partial charge in [-0.15, -0.1) is 11.8 Å². The highest BCUT2D eigenvalue weighted by atomic mass is 32.2. The van der Waals surface area contributed by atoms with E-state index < -0.39 is 5.91 Å². The Bertz CT molecular complexity index is 1720. The van der Waals surface area contributed by atoms with E-state index in [0.717, 1.165) is 82.5 Å². The first-order valence-corrected chi connectivity index (χ1v) is 18.0. The number of aromatic nitrogens is 2. The van der Waals surface area contributed by atoms with E-state index in [-0.39, 0.29) is 12.5 Å². The summed E-state index contributed by atoms with van der Waals surface area (Å²) in [5.41, 5.74) is 12.1. The van der Waals surface area contributed by atoms with Gasteiger partial charge in [-0.25, -0.2) is 4.98 Å². The number of nitrogens with one attached hydrogen (secondary N) is 1. The van der Waals surface area contributed by atoms with Crippen LogP contribution in [0.1, 0.15) is 51.3 Å². The number of carbonyl (C=O) groups excluding carboxylic acids is 2. The lowest BCUT2D eigenvalue weighted by Gasteiger charge is -2.27. The molecule has 2 amide bonds. The highest BCUT2D eigenvalue weighted by molar-refractivity contribution is 7.98. The van der Waals surface area contributed by atoms with E-state index in [9.17, 15) is 9.59 Å². The van der Waals surface area contributed by atoms with Crippen molar-refractivity contribution in [2.75, 3.05) is 43.1 Å². The number of ether oxygens (including phenoxy) is 2. The molecule has 0 saturated carbocycles. The minimum absolute atomic E-state index is 0.0984. The third-order valence-electron chi connectivity index (χ3n) is 8.18. The largest absolute Gasteiger partial charge is 0.491 e. The van der Waals surface area contributed by atoms with Gasteiger partial charge in [0.25, 0.3) is 5.91 Å². The molecule has 4 aromatic rings. The van der Waals surface area contributed by atoms with Crippen molar-refractivity contribution in [2.24, 2.45) is 11.7 Å². The van der Waals surface area contributed by atoms with E-state index >= 15 is 0 Å². The van der Waals surface area contributed by atoms with Crippen molar-refractivity contribution in [1.82, 2.24) is 9.55 Å². The zero-order valence-electron chi connectivity index (χ0n) is 28.7. The number of rotatable bonds is 17. The number of nitrogens with zero attached hydrogens (tertiary/aromatic N) is 3. The minimum Gasteiger partial charge on any atom is -0.491 e. The molecular weight excluding hydrogens is 635 g/mol. The second-order valence-corrected chi connectivity index (χ2v) is 13.7. The van der Waals surface area contributed by atoms with Crippen LogP contribution in [-0.4, -0.2) is 54.3 Å². The number of hydrogen-bond acceptors (Lipinski definition) is 7. The van der Waals surface area contributed by atoms with Gasteiger partial charge in [-0.05, 0) is 90.1 Å². The maximum Gasteiger partial charge on any atom is 0.251 e. The van der Waals surface area contributed by atoms with Crippen LogP contribution in [0.15, 0.2) is 89.7 Å². The summed E-state index contributed by atoms with van der Waals surface area (Å²) in [7, 11) is 0. The number of benzene rings is 3. The van der Waals surface area contributed by atoms with Gasteiger partial charge in [-0.1, -0.05) is 45.4 Å². The molecule has 9 nitrogen and oxygen atoms in total. The Morgan fingerprint density at radius 1 is 1.00 bits per heavy atom. The van der Waals surface area contributed by atoms with Gasteiger partial charge in [0.05, 0.1) is 12.9 Å². The number of fused-ring (bicyclic) bond motifs is 1. The molecule has 0 aliphatic carbocycles. The predicted octanol–water partition coefficient (Wildman–Crippen LogP) is 7.41. The summed E-state index contributed by atoms with van der Waals surface area (Å²) in [5.74, 6) is 1.44. The smallest absolute Gasteiger partial charge is 0.251 e. The van der Waals surface area contributed by atoms with E-state index in [2.05, 4.69) is 66.3 Å². The van der Waals surface area contributed by atoms with Crippen molar-refractivity contribution in [3.05, 3.63) is 96.1 Å². The molecule has 0 fully saturated rings. The Balaban J connectivity index is 1.25. The lowest BCUT2D eigenvalue weighted by Crippen LogP contribution is -2.29. The number of carbonyl (C=O) groups is 2. The molecule has 0 saturated heterocycles. The van der Waals surface area contributed by atoms with Crippen LogP contribution in [0.3, 0.4) is 0 Å². The van der Waals surface area contributed by atoms with Gasteiger partial charge in [-0.2, -0.15) is 0 Å². The summed E-state index contributed by atoms with van der Waals surface area (Å²) in [6, 6.07) is 22.5. The van der Waals surface area contributed by atoms with E-state index in [0.29, 0.717) is 31.3 Å². The standard InChI is InChI=1S/C39H47N5O4S/c1-4-5-18-47-19-20-48-35-11-6-29(7-12-35)30-8-15-37-32(21-30)22-31(16-17-43(37)24-28(2)3)39(46)42-33-9-13-36(14-10-33)49-26-34-23-41-27-44(34)25-38(40)45/h6-15,21-23,27-28H,4-5,16-20,24-26H2,1-3H3,(H2,40,45)(H,42,46). The van der Waals surface area contributed by atoms with E-state index in [1.807, 2.05) is 42.5 Å². The Morgan fingerprint density at radius 2 is 1.78 bits per heavy atom. The third kappa shape index (κ3) is 10.5.